The van der Waals surface area contributed by atoms with Gasteiger partial charge in [0, 0.05) is 32.4 Å². The van der Waals surface area contributed by atoms with Crippen LogP contribution < -0.4 is 5.56 Å². The summed E-state index contributed by atoms with van der Waals surface area (Å²) in [5, 5.41) is 20.1. The second-order valence-electron chi connectivity index (χ2n) is 6.82. The topological polar surface area (TPSA) is 90.8 Å². The highest BCUT2D eigenvalue weighted by atomic mass is 19.1. The zero-order valence-corrected chi connectivity index (χ0v) is 16.3. The van der Waals surface area contributed by atoms with E-state index in [0.717, 1.165) is 19.6 Å². The number of pyridine rings is 1. The average Bonchev–Trinajstić information content (AvgIpc) is 2.73. The highest BCUT2D eigenvalue weighted by molar-refractivity contribution is 5.87. The summed E-state index contributed by atoms with van der Waals surface area (Å²) in [6, 6.07) is 7.90. The Morgan fingerprint density at radius 2 is 2.03 bits per heavy atom. The van der Waals surface area contributed by atoms with Crippen molar-refractivity contribution < 1.29 is 14.2 Å². The van der Waals surface area contributed by atoms with Crippen molar-refractivity contribution >= 4 is 11.9 Å². The monoisotopic (exact) mass is 398 g/mol. The molecule has 2 aromatic rings. The highest BCUT2D eigenvalue weighted by Gasteiger charge is 2.18. The van der Waals surface area contributed by atoms with Crippen LogP contribution in [-0.4, -0.2) is 53.6 Å². The average molecular weight is 398 g/mol. The van der Waals surface area contributed by atoms with Gasteiger partial charge in [-0.2, -0.15) is 5.26 Å². The summed E-state index contributed by atoms with van der Waals surface area (Å²) >= 11 is 0. The van der Waals surface area contributed by atoms with Gasteiger partial charge in [0.2, 0.25) is 5.88 Å². The van der Waals surface area contributed by atoms with Gasteiger partial charge >= 0.3 is 0 Å². The van der Waals surface area contributed by atoms with Gasteiger partial charge in [0.25, 0.3) is 5.56 Å². The van der Waals surface area contributed by atoms with Crippen molar-refractivity contribution in [2.24, 2.45) is 4.99 Å². The molecule has 0 radical (unpaired) electrons. The summed E-state index contributed by atoms with van der Waals surface area (Å²) in [4.78, 5) is 19.0. The number of rotatable bonds is 6. The molecule has 3 rings (SSSR count). The number of nitrogens with zero attached hydrogens (tertiary/aromatic N) is 4. The van der Waals surface area contributed by atoms with Crippen molar-refractivity contribution in [1.82, 2.24) is 9.47 Å². The third kappa shape index (κ3) is 4.70. The van der Waals surface area contributed by atoms with Gasteiger partial charge in [-0.3, -0.25) is 19.3 Å². The summed E-state index contributed by atoms with van der Waals surface area (Å²) in [6.07, 6.45) is 1.92. The lowest BCUT2D eigenvalue weighted by Gasteiger charge is -2.26. The van der Waals surface area contributed by atoms with Crippen molar-refractivity contribution in [2.75, 3.05) is 32.8 Å². The number of hydrogen-bond donors (Lipinski definition) is 1. The zero-order chi connectivity index (χ0) is 20.8. The Hall–Kier alpha value is -3.02. The SMILES string of the molecule is Cc1c(C=Nc2ccccc2F)c(O)n(CCCN2CCOCC2)c(=O)c1C#N. The first-order valence-corrected chi connectivity index (χ1v) is 9.48. The molecule has 0 atom stereocenters. The molecule has 0 saturated carbocycles. The molecule has 1 saturated heterocycles. The van der Waals surface area contributed by atoms with Crippen molar-refractivity contribution in [3.63, 3.8) is 0 Å². The smallest absolute Gasteiger partial charge is 0.271 e. The molecule has 1 N–H and O–H groups in total. The molecular weight excluding hydrogens is 375 g/mol. The molecule has 1 aliphatic rings. The van der Waals surface area contributed by atoms with E-state index in [0.29, 0.717) is 25.2 Å². The molecule has 0 bridgehead atoms. The molecule has 7 nitrogen and oxygen atoms in total. The van der Waals surface area contributed by atoms with Gasteiger partial charge in [-0.1, -0.05) is 12.1 Å². The van der Waals surface area contributed by atoms with Crippen LogP contribution in [0.2, 0.25) is 0 Å². The molecular formula is C21H23FN4O3. The summed E-state index contributed by atoms with van der Waals surface area (Å²) in [5.74, 6) is -0.770. The van der Waals surface area contributed by atoms with Crippen LogP contribution in [0.15, 0.2) is 34.1 Å². The molecule has 1 aromatic heterocycles. The number of morpholine rings is 1. The fourth-order valence-corrected chi connectivity index (χ4v) is 3.30. The lowest BCUT2D eigenvalue weighted by atomic mass is 10.1. The predicted molar refractivity (Wildman–Crippen MR) is 107 cm³/mol. The van der Waals surface area contributed by atoms with E-state index in [-0.39, 0.29) is 29.2 Å². The first-order chi connectivity index (χ1) is 14.0. The van der Waals surface area contributed by atoms with Crippen molar-refractivity contribution in [1.29, 1.82) is 5.26 Å². The molecule has 0 aliphatic carbocycles. The van der Waals surface area contributed by atoms with E-state index in [4.69, 9.17) is 4.74 Å². The van der Waals surface area contributed by atoms with E-state index in [9.17, 15) is 19.6 Å². The van der Waals surface area contributed by atoms with Gasteiger partial charge in [-0.15, -0.1) is 0 Å². The van der Waals surface area contributed by atoms with Crippen LogP contribution >= 0.6 is 0 Å². The second kappa shape index (κ2) is 9.45. The third-order valence-electron chi connectivity index (χ3n) is 4.99. The fourth-order valence-electron chi connectivity index (χ4n) is 3.30. The standard InChI is InChI=1S/C21H23FN4O3/c1-15-16(13-23)20(27)26(8-4-7-25-9-11-29-12-10-25)21(28)17(15)14-24-19-6-3-2-5-18(19)22/h2-3,5-6,14,28H,4,7-12H2,1H3. The molecule has 0 spiro atoms. The molecule has 1 aliphatic heterocycles. The number of aliphatic imine (C=N–C) groups is 1. The number of aromatic nitrogens is 1. The first kappa shape index (κ1) is 20.7. The van der Waals surface area contributed by atoms with E-state index in [1.54, 1.807) is 19.1 Å². The summed E-state index contributed by atoms with van der Waals surface area (Å²) < 4.78 is 20.3. The van der Waals surface area contributed by atoms with Crippen LogP contribution in [0.1, 0.15) is 23.1 Å². The van der Waals surface area contributed by atoms with Crippen LogP contribution in [-0.2, 0) is 11.3 Å². The summed E-state index contributed by atoms with van der Waals surface area (Å²) in [7, 11) is 0. The zero-order valence-electron chi connectivity index (χ0n) is 16.3. The third-order valence-corrected chi connectivity index (χ3v) is 4.99. The van der Waals surface area contributed by atoms with E-state index < -0.39 is 11.4 Å². The number of benzene rings is 1. The van der Waals surface area contributed by atoms with Gasteiger partial charge < -0.3 is 9.84 Å². The number of hydrogen-bond acceptors (Lipinski definition) is 6. The minimum absolute atomic E-state index is 0.0517. The molecule has 1 aromatic carbocycles. The Morgan fingerprint density at radius 1 is 1.31 bits per heavy atom. The predicted octanol–water partition coefficient (Wildman–Crippen LogP) is 2.35. The largest absolute Gasteiger partial charge is 0.494 e. The summed E-state index contributed by atoms with van der Waals surface area (Å²) in [6.45, 7) is 5.62. The lowest BCUT2D eigenvalue weighted by Crippen LogP contribution is -2.37. The van der Waals surface area contributed by atoms with Gasteiger partial charge in [0.05, 0.1) is 24.5 Å². The maximum atomic E-state index is 13.8. The van der Waals surface area contributed by atoms with Gasteiger partial charge in [0.1, 0.15) is 17.4 Å². The van der Waals surface area contributed by atoms with E-state index in [1.165, 1.54) is 22.9 Å². The molecule has 1 fully saturated rings. The van der Waals surface area contributed by atoms with Crippen LogP contribution in [0.3, 0.4) is 0 Å². The Balaban J connectivity index is 1.88. The maximum Gasteiger partial charge on any atom is 0.271 e. The number of para-hydroxylation sites is 1. The number of nitriles is 1. The minimum Gasteiger partial charge on any atom is -0.494 e. The highest BCUT2D eigenvalue weighted by Crippen LogP contribution is 2.22. The Kier molecular flexibility index (Phi) is 6.75. The van der Waals surface area contributed by atoms with E-state index >= 15 is 0 Å². The van der Waals surface area contributed by atoms with E-state index in [2.05, 4.69) is 9.89 Å². The van der Waals surface area contributed by atoms with Crippen LogP contribution in [0.5, 0.6) is 5.88 Å². The van der Waals surface area contributed by atoms with Crippen molar-refractivity contribution in [2.45, 2.75) is 19.9 Å². The summed E-state index contributed by atoms with van der Waals surface area (Å²) in [5.41, 5.74) is 0.0712. The fraction of sp³-hybridized carbons (Fsp3) is 0.381. The van der Waals surface area contributed by atoms with Gasteiger partial charge in [-0.05, 0) is 31.0 Å². The number of ether oxygens (including phenoxy) is 1. The number of aromatic hydroxyl groups is 1. The van der Waals surface area contributed by atoms with E-state index in [1.807, 2.05) is 6.07 Å². The molecule has 2 heterocycles. The first-order valence-electron chi connectivity index (χ1n) is 9.48. The van der Waals surface area contributed by atoms with Crippen LogP contribution in [0.4, 0.5) is 10.1 Å². The molecule has 29 heavy (non-hydrogen) atoms. The lowest BCUT2D eigenvalue weighted by molar-refractivity contribution is 0.0368. The molecule has 0 amide bonds. The van der Waals surface area contributed by atoms with Crippen molar-refractivity contribution in [3.05, 3.63) is 57.1 Å². The number of halogens is 1. The van der Waals surface area contributed by atoms with Crippen LogP contribution in [0.25, 0.3) is 0 Å². The molecule has 0 unspecified atom stereocenters. The normalized spacial score (nSPS) is 14.9. The quantitative estimate of drug-likeness (QED) is 0.755. The van der Waals surface area contributed by atoms with Crippen molar-refractivity contribution in [3.8, 4) is 11.9 Å². The maximum absolute atomic E-state index is 13.8. The van der Waals surface area contributed by atoms with Crippen LogP contribution in [0, 0.1) is 24.1 Å². The Morgan fingerprint density at radius 3 is 2.72 bits per heavy atom. The minimum atomic E-state index is -0.535. The molecule has 152 valence electrons. The second-order valence-corrected chi connectivity index (χ2v) is 6.82. The Labute approximate surface area is 168 Å². The van der Waals surface area contributed by atoms with Gasteiger partial charge in [0.15, 0.2) is 0 Å². The molecule has 8 heteroatoms. The van der Waals surface area contributed by atoms with Gasteiger partial charge in [-0.25, -0.2) is 4.39 Å². The Bertz CT molecular complexity index is 1000.